The molecular weight excluding hydrogens is 518 g/mol. The van der Waals surface area contributed by atoms with Crippen LogP contribution in [0.1, 0.15) is 65.5 Å². The molecule has 3 aromatic rings. The maximum Gasteiger partial charge on any atom is 0.254 e. The van der Waals surface area contributed by atoms with Crippen LogP contribution < -0.4 is 10.1 Å². The zero-order valence-corrected chi connectivity index (χ0v) is 24.0. The molecule has 1 spiro atoms. The number of pyridine rings is 1. The molecule has 0 bridgehead atoms. The lowest BCUT2D eigenvalue weighted by molar-refractivity contribution is 0.0337. The number of nitrogens with zero attached hydrogens (tertiary/aromatic N) is 6. The number of fused-ring (bicyclic) bond motifs is 2. The van der Waals surface area contributed by atoms with Gasteiger partial charge in [0.05, 0.1) is 44.7 Å². The molecular formula is C31H37N7O3. The maximum atomic E-state index is 14.4. The fraction of sp³-hybridized carbons (Fsp3) is 0.484. The number of nitrogens with one attached hydrogen (secondary N) is 1. The fourth-order valence-electron chi connectivity index (χ4n) is 6.33. The summed E-state index contributed by atoms with van der Waals surface area (Å²) in [6.07, 6.45) is 7.43. The molecule has 4 heterocycles. The molecule has 1 aromatic carbocycles. The van der Waals surface area contributed by atoms with Gasteiger partial charge in [0.15, 0.2) is 0 Å². The van der Waals surface area contributed by atoms with Crippen LogP contribution in [0.4, 0.5) is 11.6 Å². The summed E-state index contributed by atoms with van der Waals surface area (Å²) < 4.78 is 13.4. The Labute approximate surface area is 241 Å². The second kappa shape index (κ2) is 11.1. The Morgan fingerprint density at radius 2 is 2.00 bits per heavy atom. The van der Waals surface area contributed by atoms with Crippen molar-refractivity contribution in [3.63, 3.8) is 0 Å². The Hall–Kier alpha value is -3.94. The van der Waals surface area contributed by atoms with E-state index in [-0.39, 0.29) is 17.4 Å². The van der Waals surface area contributed by atoms with Crippen molar-refractivity contribution in [3.8, 4) is 5.75 Å². The van der Waals surface area contributed by atoms with Gasteiger partial charge in [-0.05, 0) is 55.5 Å². The first kappa shape index (κ1) is 27.2. The number of amides is 1. The zero-order valence-electron chi connectivity index (χ0n) is 24.0. The Bertz CT molecular complexity index is 1480. The topological polar surface area (TPSA) is 89.1 Å². The first-order valence-electron chi connectivity index (χ1n) is 14.4. The van der Waals surface area contributed by atoms with E-state index in [2.05, 4.69) is 41.7 Å². The minimum absolute atomic E-state index is 0.0311. The largest absolute Gasteiger partial charge is 0.505 e. The van der Waals surface area contributed by atoms with Gasteiger partial charge in [-0.2, -0.15) is 0 Å². The number of carbonyl (C=O) groups excluding carboxylic acids is 1. The van der Waals surface area contributed by atoms with Gasteiger partial charge < -0.3 is 24.3 Å². The van der Waals surface area contributed by atoms with Gasteiger partial charge in [0, 0.05) is 62.8 Å². The average Bonchev–Trinajstić information content (AvgIpc) is 3.62. The number of anilines is 1. The monoisotopic (exact) mass is 555 g/mol. The molecule has 2 aliphatic heterocycles. The maximum absolute atomic E-state index is 14.4. The highest BCUT2D eigenvalue weighted by Gasteiger charge is 2.53. The van der Waals surface area contributed by atoms with Gasteiger partial charge in [-0.25, -0.2) is 9.83 Å². The van der Waals surface area contributed by atoms with E-state index in [0.717, 1.165) is 68.5 Å². The van der Waals surface area contributed by atoms with Gasteiger partial charge in [-0.3, -0.25) is 14.7 Å². The predicted molar refractivity (Wildman–Crippen MR) is 155 cm³/mol. The van der Waals surface area contributed by atoms with Crippen molar-refractivity contribution in [3.05, 3.63) is 76.2 Å². The molecule has 1 aliphatic carbocycles. The molecule has 1 atom stereocenters. The molecule has 1 N–H and O–H groups in total. The van der Waals surface area contributed by atoms with Gasteiger partial charge >= 0.3 is 0 Å². The quantitative estimate of drug-likeness (QED) is 0.392. The van der Waals surface area contributed by atoms with Crippen molar-refractivity contribution in [2.75, 3.05) is 51.8 Å². The highest BCUT2D eigenvalue weighted by molar-refractivity contribution is 5.99. The summed E-state index contributed by atoms with van der Waals surface area (Å²) in [7, 11) is 1.87. The van der Waals surface area contributed by atoms with Crippen LogP contribution in [0.15, 0.2) is 36.8 Å². The Morgan fingerprint density at radius 3 is 2.71 bits per heavy atom. The molecule has 1 saturated heterocycles. The Balaban J connectivity index is 1.39. The van der Waals surface area contributed by atoms with Crippen molar-refractivity contribution >= 4 is 17.5 Å². The molecule has 2 fully saturated rings. The normalized spacial score (nSPS) is 18.6. The van der Waals surface area contributed by atoms with Gasteiger partial charge in [0.1, 0.15) is 5.75 Å². The summed E-state index contributed by atoms with van der Waals surface area (Å²) in [6, 6.07) is 5.96. The first-order valence-corrected chi connectivity index (χ1v) is 14.4. The van der Waals surface area contributed by atoms with Crippen molar-refractivity contribution in [2.45, 2.75) is 51.2 Å². The van der Waals surface area contributed by atoms with Crippen LogP contribution in [0.2, 0.25) is 0 Å². The number of hydrogen-bond acceptors (Lipinski definition) is 7. The van der Waals surface area contributed by atoms with E-state index in [1.807, 2.05) is 38.1 Å². The van der Waals surface area contributed by atoms with Gasteiger partial charge in [-0.1, -0.05) is 6.07 Å². The van der Waals surface area contributed by atoms with Crippen molar-refractivity contribution in [2.24, 2.45) is 0 Å². The first-order chi connectivity index (χ1) is 20.0. The summed E-state index contributed by atoms with van der Waals surface area (Å²) in [4.78, 5) is 31.3. The molecule has 10 nitrogen and oxygen atoms in total. The van der Waals surface area contributed by atoms with E-state index < -0.39 is 0 Å². The van der Waals surface area contributed by atoms with E-state index >= 15 is 0 Å². The smallest absolute Gasteiger partial charge is 0.254 e. The number of hydrogen-bond donors (Lipinski definition) is 1. The van der Waals surface area contributed by atoms with Crippen molar-refractivity contribution in [1.29, 1.82) is 0 Å². The molecule has 3 aliphatic rings. The van der Waals surface area contributed by atoms with Crippen LogP contribution in [0.25, 0.3) is 4.85 Å². The molecule has 0 unspecified atom stereocenters. The molecule has 6 rings (SSSR count). The minimum atomic E-state index is -0.261. The Kier molecular flexibility index (Phi) is 7.41. The van der Waals surface area contributed by atoms with Crippen molar-refractivity contribution < 1.29 is 14.3 Å². The zero-order chi connectivity index (χ0) is 28.6. The summed E-state index contributed by atoms with van der Waals surface area (Å²) in [5.41, 5.74) is 5.44. The number of imidazole rings is 1. The number of morpholine rings is 1. The Morgan fingerprint density at radius 1 is 1.20 bits per heavy atom. The third-order valence-electron chi connectivity index (χ3n) is 8.60. The van der Waals surface area contributed by atoms with Crippen LogP contribution in [0, 0.1) is 6.57 Å². The number of ether oxygens (including phenoxy) is 2. The van der Waals surface area contributed by atoms with Crippen LogP contribution >= 0.6 is 0 Å². The van der Waals surface area contributed by atoms with E-state index in [9.17, 15) is 4.79 Å². The standard InChI is InChI=1S/C31H37N7O3/c1-5-41-27-16-25(35-17-26(27)32-3)21(2)38-20-31(6-7-31)28-23(19-36-10-12-40-13-11-36)14-22(15-24(28)29(38)39)18-37-9-8-34-30(37)33-4/h8-9,14-17,21H,5-7,10-13,18-20H2,1-2,4H3,(H,33,34)/t21-/m0/s1. The molecule has 41 heavy (non-hydrogen) atoms. The lowest BCUT2D eigenvalue weighted by Crippen LogP contribution is -2.46. The number of carbonyl (C=O) groups is 1. The fourth-order valence-corrected chi connectivity index (χ4v) is 6.33. The van der Waals surface area contributed by atoms with Crippen molar-refractivity contribution in [1.82, 2.24) is 24.3 Å². The highest BCUT2D eigenvalue weighted by atomic mass is 16.5. The third kappa shape index (κ3) is 5.16. The SMILES string of the molecule is [C-]#[N+]c1cnc([C@H](C)N2CC3(CC3)c3c(CN4CCOCC4)cc(Cn4ccnc4NC)cc3C2=O)cc1OCC. The van der Waals surface area contributed by atoms with E-state index in [1.165, 1.54) is 11.1 Å². The second-order valence-corrected chi connectivity index (χ2v) is 11.2. The number of rotatable bonds is 9. The van der Waals surface area contributed by atoms with Crippen LogP contribution in [-0.4, -0.2) is 76.7 Å². The van der Waals surface area contributed by atoms with E-state index in [0.29, 0.717) is 31.1 Å². The lowest BCUT2D eigenvalue weighted by atomic mass is 9.81. The molecule has 10 heteroatoms. The third-order valence-corrected chi connectivity index (χ3v) is 8.60. The molecule has 214 valence electrons. The van der Waals surface area contributed by atoms with Crippen LogP contribution in [0.3, 0.4) is 0 Å². The van der Waals surface area contributed by atoms with E-state index in [4.69, 9.17) is 16.0 Å². The average molecular weight is 556 g/mol. The summed E-state index contributed by atoms with van der Waals surface area (Å²) in [5.74, 6) is 1.33. The van der Waals surface area contributed by atoms with Gasteiger partial charge in [0.25, 0.3) is 5.91 Å². The summed E-state index contributed by atoms with van der Waals surface area (Å²) >= 11 is 0. The summed E-state index contributed by atoms with van der Waals surface area (Å²) in [6.45, 7) is 17.2. The van der Waals surface area contributed by atoms with Gasteiger partial charge in [-0.15, -0.1) is 0 Å². The van der Waals surface area contributed by atoms with Crippen LogP contribution in [0.5, 0.6) is 5.75 Å². The number of aromatic nitrogens is 3. The predicted octanol–water partition coefficient (Wildman–Crippen LogP) is 4.40. The molecule has 0 radical (unpaired) electrons. The minimum Gasteiger partial charge on any atom is -0.505 e. The summed E-state index contributed by atoms with van der Waals surface area (Å²) in [5, 5.41) is 3.15. The van der Waals surface area contributed by atoms with Gasteiger partial charge in [0.2, 0.25) is 11.6 Å². The molecule has 1 amide bonds. The molecule has 2 aromatic heterocycles. The van der Waals surface area contributed by atoms with Crippen LogP contribution in [-0.2, 0) is 23.2 Å². The molecule has 1 saturated carbocycles. The number of benzene rings is 1. The second-order valence-electron chi connectivity index (χ2n) is 11.2. The van der Waals surface area contributed by atoms with E-state index in [1.54, 1.807) is 12.4 Å². The highest BCUT2D eigenvalue weighted by Crippen LogP contribution is 2.55. The lowest BCUT2D eigenvalue weighted by Gasteiger charge is -2.40.